The Bertz CT molecular complexity index is 2250. The van der Waals surface area contributed by atoms with Crippen molar-refractivity contribution in [3.05, 3.63) is 120 Å². The monoisotopic (exact) mass is 872 g/mol. The number of ether oxygens (including phenoxy) is 3. The van der Waals surface area contributed by atoms with E-state index >= 15 is 0 Å². The number of carbonyl (C=O) groups is 6. The number of aliphatic hydroxyl groups excluding tert-OH is 1. The maximum absolute atomic E-state index is 13.3. The molecule has 0 saturated carbocycles. The molecule has 1 radical (unpaired) electrons. The van der Waals surface area contributed by atoms with Gasteiger partial charge in [0.2, 0.25) is 0 Å². The molecule has 0 aliphatic heterocycles. The summed E-state index contributed by atoms with van der Waals surface area (Å²) in [5, 5.41) is 27.9. The maximum Gasteiger partial charge on any atom is 0.342 e. The van der Waals surface area contributed by atoms with Crippen molar-refractivity contribution < 1.29 is 85.9 Å². The van der Waals surface area contributed by atoms with Gasteiger partial charge in [0.05, 0.1) is 23.3 Å². The number of aromatic hydroxyl groups is 1. The molecule has 0 saturated heterocycles. The van der Waals surface area contributed by atoms with E-state index in [9.17, 15) is 39.0 Å². The number of rotatable bonds is 12. The van der Waals surface area contributed by atoms with Gasteiger partial charge >= 0.3 is 23.9 Å². The molecule has 2 heterocycles. The number of Topliss-reactive ketones (excluding diaryl/α,β-unsaturated/α-hetero) is 2. The number of ketones is 2. The van der Waals surface area contributed by atoms with Crippen LogP contribution in [0.25, 0.3) is 10.9 Å². The third-order valence-corrected chi connectivity index (χ3v) is 8.42. The molecule has 15 nitrogen and oxygen atoms in total. The minimum Gasteiger partial charge on any atom is -0.506 e. The zero-order valence-electron chi connectivity index (χ0n) is 33.6. The van der Waals surface area contributed by atoms with Gasteiger partial charge in [-0.1, -0.05) is 33.1 Å². The Morgan fingerprint density at radius 1 is 0.879 bits per heavy atom. The molecule has 0 fully saturated rings. The number of nitrogens with zero attached hydrogens (tertiary/aromatic N) is 3. The molecule has 2 atom stereocenters. The molecule has 305 valence electrons. The second kappa shape index (κ2) is 21.4. The fourth-order valence-corrected chi connectivity index (χ4v) is 5.47. The number of amides is 1. The Morgan fingerprint density at radius 2 is 1.50 bits per heavy atom. The number of carbonyl (C=O) groups excluding carboxylic acids is 6. The fourth-order valence-electron chi connectivity index (χ4n) is 5.47. The van der Waals surface area contributed by atoms with Crippen LogP contribution < -0.4 is 5.32 Å². The molecule has 1 aliphatic carbocycles. The SMILES string of the molecule is C=C(C)C(=O)OCC(O)COC(=O)c1ccc2c(c1)C(=O)C(c1nc3ccc(C(C)C)cc3cc1O)C2=O.C=C(C)C(=O)OCCNC(=O)n1nc(C)cc1C.[CH3-].[Y]. The van der Waals surface area contributed by atoms with Crippen molar-refractivity contribution in [2.24, 2.45) is 0 Å². The number of pyridine rings is 1. The molecule has 2 unspecified atom stereocenters. The zero-order chi connectivity index (χ0) is 41.4. The average molecular weight is 873 g/mol. The zero-order valence-corrected chi connectivity index (χ0v) is 36.4. The van der Waals surface area contributed by atoms with Gasteiger partial charge in [0.15, 0.2) is 11.6 Å². The first-order chi connectivity index (χ1) is 26.4. The van der Waals surface area contributed by atoms with Crippen LogP contribution in [0.5, 0.6) is 5.75 Å². The van der Waals surface area contributed by atoms with Crippen LogP contribution in [-0.4, -0.2) is 93.0 Å². The normalized spacial score (nSPS) is 13.2. The van der Waals surface area contributed by atoms with Crippen LogP contribution in [0.1, 0.15) is 93.2 Å². The molecule has 1 aliphatic rings. The summed E-state index contributed by atoms with van der Waals surface area (Å²) in [6.45, 7) is 17.1. The van der Waals surface area contributed by atoms with Crippen LogP contribution in [0.15, 0.2) is 72.8 Å². The van der Waals surface area contributed by atoms with Gasteiger partial charge in [0.25, 0.3) is 0 Å². The van der Waals surface area contributed by atoms with Crippen LogP contribution >= 0.6 is 0 Å². The van der Waals surface area contributed by atoms with Crippen LogP contribution in [-0.2, 0) is 56.5 Å². The number of aryl methyl sites for hydroxylation is 2. The number of aliphatic hydroxyl groups is 1. The molecular weight excluding hydrogens is 825 g/mol. The van der Waals surface area contributed by atoms with Crippen molar-refractivity contribution in [3.8, 4) is 5.75 Å². The summed E-state index contributed by atoms with van der Waals surface area (Å²) in [7, 11) is 0. The van der Waals surface area contributed by atoms with Gasteiger partial charge < -0.3 is 37.2 Å². The fraction of sp³-hybridized carbons (Fsp3) is 0.310. The molecule has 4 aromatic rings. The van der Waals surface area contributed by atoms with Crippen LogP contribution in [0.4, 0.5) is 4.79 Å². The molecular formula is C42H47N4O11Y-. The summed E-state index contributed by atoms with van der Waals surface area (Å²) in [5.74, 6) is -4.43. The standard InChI is InChI=1S/C29H27NO8.C12H17N3O3.CH3.Y/c1-14(2)16-6-8-22-18(9-16)11-23(32)25(30-22)24-26(33)20-7-5-17(10-21(20)27(24)34)29(36)38-13-19(31)12-37-28(35)15(3)4;1-8(2)11(16)18-6-5-13-12(17)15-10(4)7-9(3)14-15;;/h5-11,14,19,24,31-32H,3,12-13H2,1-2,4H3;7H,1,5-6H2,2-4H3,(H,13,17);1H3;/q;;-1;. The van der Waals surface area contributed by atoms with E-state index in [0.29, 0.717) is 16.5 Å². The molecule has 5 rings (SSSR count). The molecule has 1 amide bonds. The van der Waals surface area contributed by atoms with Crippen LogP contribution in [0, 0.1) is 21.3 Å². The summed E-state index contributed by atoms with van der Waals surface area (Å²) < 4.78 is 16.0. The second-order valence-electron chi connectivity index (χ2n) is 13.5. The molecule has 2 aromatic heterocycles. The van der Waals surface area contributed by atoms with Crippen LogP contribution in [0.3, 0.4) is 0 Å². The topological polar surface area (TPSA) is 213 Å². The molecule has 58 heavy (non-hydrogen) atoms. The van der Waals surface area contributed by atoms with Crippen molar-refractivity contribution in [2.75, 3.05) is 26.4 Å². The Labute approximate surface area is 361 Å². The third-order valence-electron chi connectivity index (χ3n) is 8.42. The van der Waals surface area contributed by atoms with E-state index < -0.39 is 54.7 Å². The first-order valence-electron chi connectivity index (χ1n) is 17.6. The largest absolute Gasteiger partial charge is 0.506 e. The quantitative estimate of drug-likeness (QED) is 0.0402. The minimum atomic E-state index is -1.34. The van der Waals surface area contributed by atoms with Crippen molar-refractivity contribution in [1.82, 2.24) is 20.1 Å². The first-order valence-corrected chi connectivity index (χ1v) is 17.6. The smallest absolute Gasteiger partial charge is 0.342 e. The van der Waals surface area contributed by atoms with E-state index in [0.717, 1.165) is 17.0 Å². The van der Waals surface area contributed by atoms with Gasteiger partial charge in [-0.15, -0.1) is 0 Å². The number of hydrogen-bond donors (Lipinski definition) is 3. The van der Waals surface area contributed by atoms with E-state index in [2.05, 4.69) is 28.6 Å². The van der Waals surface area contributed by atoms with Gasteiger partial charge in [0, 0.05) is 66.1 Å². The summed E-state index contributed by atoms with van der Waals surface area (Å²) in [6.07, 6.45) is -1.26. The van der Waals surface area contributed by atoms with Gasteiger partial charge in [-0.3, -0.25) is 9.59 Å². The molecule has 2 aromatic carbocycles. The number of benzene rings is 2. The predicted octanol–water partition coefficient (Wildman–Crippen LogP) is 5.49. The second-order valence-corrected chi connectivity index (χ2v) is 13.5. The molecule has 3 N–H and O–H groups in total. The van der Waals surface area contributed by atoms with Crippen molar-refractivity contribution in [3.63, 3.8) is 0 Å². The van der Waals surface area contributed by atoms with Gasteiger partial charge in [0.1, 0.15) is 43.3 Å². The van der Waals surface area contributed by atoms with Crippen molar-refractivity contribution in [2.45, 2.75) is 59.5 Å². The number of nitrogens with one attached hydrogen (secondary N) is 1. The minimum absolute atomic E-state index is 0. The third kappa shape index (κ3) is 12.1. The number of aromatic nitrogens is 3. The molecule has 16 heteroatoms. The maximum atomic E-state index is 13.3. The number of fused-ring (bicyclic) bond motifs is 2. The van der Waals surface area contributed by atoms with E-state index in [-0.39, 0.29) is 98.9 Å². The Balaban J connectivity index is 0.000000492. The molecule has 0 spiro atoms. The predicted molar refractivity (Wildman–Crippen MR) is 210 cm³/mol. The van der Waals surface area contributed by atoms with E-state index in [1.165, 1.54) is 35.9 Å². The van der Waals surface area contributed by atoms with Crippen LogP contribution in [0.2, 0.25) is 0 Å². The van der Waals surface area contributed by atoms with Gasteiger partial charge in [-0.2, -0.15) is 9.78 Å². The van der Waals surface area contributed by atoms with Crippen molar-refractivity contribution >= 4 is 46.4 Å². The van der Waals surface area contributed by atoms with E-state index in [4.69, 9.17) is 14.2 Å². The Hall–Kier alpha value is -5.38. The van der Waals surface area contributed by atoms with E-state index in [1.807, 2.05) is 32.9 Å². The van der Waals surface area contributed by atoms with E-state index in [1.54, 1.807) is 26.0 Å². The number of hydrogen-bond acceptors (Lipinski definition) is 13. The summed E-state index contributed by atoms with van der Waals surface area (Å²) in [5.41, 5.74) is 3.70. The Morgan fingerprint density at radius 3 is 2.10 bits per heavy atom. The summed E-state index contributed by atoms with van der Waals surface area (Å²) >= 11 is 0. The van der Waals surface area contributed by atoms with Gasteiger partial charge in [-0.25, -0.2) is 24.2 Å². The number of esters is 3. The molecule has 0 bridgehead atoms. The van der Waals surface area contributed by atoms with Crippen molar-refractivity contribution in [1.29, 1.82) is 0 Å². The summed E-state index contributed by atoms with van der Waals surface area (Å²) in [6, 6.07) is 12.5. The Kier molecular flexibility index (Phi) is 18.0. The van der Waals surface area contributed by atoms with Gasteiger partial charge in [-0.05, 0) is 81.6 Å². The average Bonchev–Trinajstić information content (AvgIpc) is 3.63. The summed E-state index contributed by atoms with van der Waals surface area (Å²) in [4.78, 5) is 77.5. The first kappa shape index (κ1) is 48.8.